The van der Waals surface area contributed by atoms with Crippen molar-refractivity contribution in [3.8, 4) is 5.69 Å². The molecule has 10 heteroatoms. The van der Waals surface area contributed by atoms with E-state index in [-0.39, 0.29) is 40.3 Å². The number of Topliss-reactive ketones (excluding diaryl/α,β-unsaturated/α-hetero) is 1. The lowest BCUT2D eigenvalue weighted by atomic mass is 10.1. The van der Waals surface area contributed by atoms with Crippen molar-refractivity contribution >= 4 is 23.3 Å². The lowest BCUT2D eigenvalue weighted by Crippen LogP contribution is -2.26. The SMILES string of the molecule is Cc1nn(-c2cccc(C(F)(F)F)c2)c(C)c1C(=O)C(=O)Nc1cccc(C(=O)NC2CC2)c1. The van der Waals surface area contributed by atoms with E-state index in [1.54, 1.807) is 18.2 Å². The summed E-state index contributed by atoms with van der Waals surface area (Å²) in [6.07, 6.45) is -2.66. The molecule has 0 atom stereocenters. The molecule has 1 saturated carbocycles. The minimum absolute atomic E-state index is 0.00228. The first-order valence-electron chi connectivity index (χ1n) is 10.5. The summed E-state index contributed by atoms with van der Waals surface area (Å²) in [5.41, 5.74) is 0.307. The van der Waals surface area contributed by atoms with E-state index >= 15 is 0 Å². The average molecular weight is 470 g/mol. The molecular formula is C24H21F3N4O3. The van der Waals surface area contributed by atoms with Gasteiger partial charge in [-0.15, -0.1) is 0 Å². The van der Waals surface area contributed by atoms with Crippen molar-refractivity contribution < 1.29 is 27.6 Å². The third-order valence-electron chi connectivity index (χ3n) is 5.44. The van der Waals surface area contributed by atoms with Crippen molar-refractivity contribution in [2.24, 2.45) is 0 Å². The fourth-order valence-electron chi connectivity index (χ4n) is 3.57. The maximum Gasteiger partial charge on any atom is 0.416 e. The van der Waals surface area contributed by atoms with Gasteiger partial charge in [-0.2, -0.15) is 18.3 Å². The van der Waals surface area contributed by atoms with Gasteiger partial charge in [0.05, 0.1) is 28.2 Å². The van der Waals surface area contributed by atoms with Gasteiger partial charge in [-0.05, 0) is 63.1 Å². The van der Waals surface area contributed by atoms with E-state index in [0.29, 0.717) is 5.56 Å². The van der Waals surface area contributed by atoms with Crippen LogP contribution >= 0.6 is 0 Å². The van der Waals surface area contributed by atoms with Gasteiger partial charge < -0.3 is 10.6 Å². The molecule has 2 aromatic carbocycles. The minimum Gasteiger partial charge on any atom is -0.349 e. The van der Waals surface area contributed by atoms with Crippen molar-refractivity contribution in [2.45, 2.75) is 38.9 Å². The van der Waals surface area contributed by atoms with Crippen LogP contribution in [0.3, 0.4) is 0 Å². The minimum atomic E-state index is -4.53. The molecule has 1 aliphatic rings. The fourth-order valence-corrected chi connectivity index (χ4v) is 3.57. The summed E-state index contributed by atoms with van der Waals surface area (Å²) in [6, 6.07) is 10.9. The van der Waals surface area contributed by atoms with Crippen molar-refractivity contribution in [1.82, 2.24) is 15.1 Å². The number of anilines is 1. The van der Waals surface area contributed by atoms with E-state index in [9.17, 15) is 27.6 Å². The van der Waals surface area contributed by atoms with Crippen LogP contribution in [0, 0.1) is 13.8 Å². The van der Waals surface area contributed by atoms with Gasteiger partial charge in [0.2, 0.25) is 0 Å². The molecule has 1 fully saturated rings. The Hall–Kier alpha value is -3.95. The average Bonchev–Trinajstić information content (AvgIpc) is 3.55. The Morgan fingerprint density at radius 2 is 1.74 bits per heavy atom. The largest absolute Gasteiger partial charge is 0.416 e. The van der Waals surface area contributed by atoms with Gasteiger partial charge in [0.1, 0.15) is 0 Å². The molecule has 0 bridgehead atoms. The third kappa shape index (κ3) is 4.85. The second-order valence-corrected chi connectivity index (χ2v) is 8.12. The smallest absolute Gasteiger partial charge is 0.349 e. The predicted molar refractivity (Wildman–Crippen MR) is 118 cm³/mol. The van der Waals surface area contributed by atoms with Gasteiger partial charge >= 0.3 is 6.18 Å². The Kier molecular flexibility index (Phi) is 5.99. The molecule has 1 aromatic heterocycles. The molecule has 2 N–H and O–H groups in total. The highest BCUT2D eigenvalue weighted by Gasteiger charge is 2.31. The van der Waals surface area contributed by atoms with Crippen LogP contribution in [-0.4, -0.2) is 33.4 Å². The van der Waals surface area contributed by atoms with Crippen molar-refractivity contribution in [2.75, 3.05) is 5.32 Å². The number of alkyl halides is 3. The van der Waals surface area contributed by atoms with Crippen LogP contribution in [0.2, 0.25) is 0 Å². The van der Waals surface area contributed by atoms with Gasteiger partial charge in [0.25, 0.3) is 17.6 Å². The quantitative estimate of drug-likeness (QED) is 0.417. The Morgan fingerprint density at radius 1 is 1.03 bits per heavy atom. The summed E-state index contributed by atoms with van der Waals surface area (Å²) in [5.74, 6) is -2.10. The van der Waals surface area contributed by atoms with E-state index in [1.165, 1.54) is 36.7 Å². The van der Waals surface area contributed by atoms with Gasteiger partial charge in [0.15, 0.2) is 0 Å². The summed E-state index contributed by atoms with van der Waals surface area (Å²) in [7, 11) is 0. The van der Waals surface area contributed by atoms with Gasteiger partial charge in [0, 0.05) is 17.3 Å². The number of hydrogen-bond donors (Lipinski definition) is 2. The molecule has 7 nitrogen and oxygen atoms in total. The molecule has 0 saturated heterocycles. The molecule has 1 aliphatic carbocycles. The molecule has 34 heavy (non-hydrogen) atoms. The first kappa shape index (κ1) is 23.2. The summed E-state index contributed by atoms with van der Waals surface area (Å²) in [6.45, 7) is 3.00. The Morgan fingerprint density at radius 3 is 2.41 bits per heavy atom. The van der Waals surface area contributed by atoms with Crippen LogP contribution in [0.25, 0.3) is 5.69 Å². The molecule has 176 valence electrons. The maximum absolute atomic E-state index is 13.1. The second-order valence-electron chi connectivity index (χ2n) is 8.12. The zero-order valence-corrected chi connectivity index (χ0v) is 18.4. The highest BCUT2D eigenvalue weighted by Crippen LogP contribution is 2.31. The van der Waals surface area contributed by atoms with E-state index < -0.39 is 23.4 Å². The lowest BCUT2D eigenvalue weighted by Gasteiger charge is -2.10. The zero-order chi connectivity index (χ0) is 24.6. The normalized spacial score (nSPS) is 13.4. The van der Waals surface area contributed by atoms with Gasteiger partial charge in [-0.1, -0.05) is 12.1 Å². The number of nitrogens with one attached hydrogen (secondary N) is 2. The van der Waals surface area contributed by atoms with E-state index in [0.717, 1.165) is 25.0 Å². The number of halogens is 3. The Balaban J connectivity index is 1.55. The number of aromatic nitrogens is 2. The summed E-state index contributed by atoms with van der Waals surface area (Å²) in [5, 5.41) is 9.51. The number of carbonyl (C=O) groups excluding carboxylic acids is 3. The topological polar surface area (TPSA) is 93.1 Å². The molecule has 2 amide bonds. The number of hydrogen-bond acceptors (Lipinski definition) is 4. The fraction of sp³-hybridized carbons (Fsp3) is 0.250. The van der Waals surface area contributed by atoms with Crippen molar-refractivity contribution in [3.63, 3.8) is 0 Å². The monoisotopic (exact) mass is 470 g/mol. The lowest BCUT2D eigenvalue weighted by molar-refractivity contribution is -0.137. The van der Waals surface area contributed by atoms with Crippen LogP contribution in [0.5, 0.6) is 0 Å². The van der Waals surface area contributed by atoms with Crippen LogP contribution in [0.1, 0.15) is 50.5 Å². The molecule has 0 aliphatic heterocycles. The molecular weight excluding hydrogens is 449 g/mol. The van der Waals surface area contributed by atoms with Crippen molar-refractivity contribution in [3.05, 3.63) is 76.6 Å². The second kappa shape index (κ2) is 8.77. The van der Waals surface area contributed by atoms with E-state index in [2.05, 4.69) is 15.7 Å². The van der Waals surface area contributed by atoms with Crippen LogP contribution in [0.15, 0.2) is 48.5 Å². The molecule has 0 spiro atoms. The highest BCUT2D eigenvalue weighted by atomic mass is 19.4. The van der Waals surface area contributed by atoms with Crippen LogP contribution in [0.4, 0.5) is 18.9 Å². The van der Waals surface area contributed by atoms with Crippen LogP contribution in [-0.2, 0) is 11.0 Å². The zero-order valence-electron chi connectivity index (χ0n) is 18.4. The summed E-state index contributed by atoms with van der Waals surface area (Å²) < 4.78 is 40.5. The Labute approximate surface area is 193 Å². The number of ketones is 1. The predicted octanol–water partition coefficient (Wildman–Crippen LogP) is 4.22. The van der Waals surface area contributed by atoms with Crippen LogP contribution < -0.4 is 10.6 Å². The summed E-state index contributed by atoms with van der Waals surface area (Å²) >= 11 is 0. The summed E-state index contributed by atoms with van der Waals surface area (Å²) in [4.78, 5) is 37.8. The van der Waals surface area contributed by atoms with Crippen molar-refractivity contribution in [1.29, 1.82) is 0 Å². The third-order valence-corrected chi connectivity index (χ3v) is 5.44. The maximum atomic E-state index is 13.1. The van der Waals surface area contributed by atoms with E-state index in [4.69, 9.17) is 0 Å². The van der Waals surface area contributed by atoms with Gasteiger partial charge in [-0.3, -0.25) is 14.4 Å². The number of benzene rings is 2. The van der Waals surface area contributed by atoms with E-state index in [1.807, 2.05) is 0 Å². The number of amides is 2. The first-order chi connectivity index (χ1) is 16.0. The molecule has 0 radical (unpaired) electrons. The number of nitrogens with zero attached hydrogens (tertiary/aromatic N) is 2. The number of aryl methyl sites for hydroxylation is 1. The van der Waals surface area contributed by atoms with Gasteiger partial charge in [-0.25, -0.2) is 4.68 Å². The molecule has 1 heterocycles. The molecule has 4 rings (SSSR count). The number of rotatable bonds is 6. The standard InChI is InChI=1S/C24H21F3N4O3/c1-13-20(14(2)31(30-13)19-8-4-6-16(12-19)24(25,26)27)21(32)23(34)29-18-7-3-5-15(11-18)22(33)28-17-9-10-17/h3-8,11-12,17H,9-10H2,1-2H3,(H,28,33)(H,29,34). The Bertz CT molecular complexity index is 1290. The number of carbonyl (C=O) groups is 3. The molecule has 3 aromatic rings. The first-order valence-corrected chi connectivity index (χ1v) is 10.5. The molecule has 0 unspecified atom stereocenters. The highest BCUT2D eigenvalue weighted by molar-refractivity contribution is 6.47.